The molecule has 1 unspecified atom stereocenters. The summed E-state index contributed by atoms with van der Waals surface area (Å²) in [5.41, 5.74) is 5.86. The summed E-state index contributed by atoms with van der Waals surface area (Å²) in [5, 5.41) is 5.73. The van der Waals surface area contributed by atoms with Crippen LogP contribution in [0.4, 0.5) is 0 Å². The lowest BCUT2D eigenvalue weighted by atomic mass is 10.0. The molecular weight excluding hydrogens is 295 g/mol. The summed E-state index contributed by atoms with van der Waals surface area (Å²) in [6, 6.07) is 7.36. The Hall–Kier alpha value is -1.07. The Morgan fingerprint density at radius 2 is 2.10 bits per heavy atom. The zero-order chi connectivity index (χ0) is 14.7. The van der Waals surface area contributed by atoms with Crippen molar-refractivity contribution < 1.29 is 0 Å². The molecule has 20 heavy (non-hydrogen) atoms. The van der Waals surface area contributed by atoms with E-state index in [2.05, 4.69) is 23.5 Å². The maximum absolute atomic E-state index is 6.23. The van der Waals surface area contributed by atoms with Gasteiger partial charge in [-0.15, -0.1) is 0 Å². The summed E-state index contributed by atoms with van der Waals surface area (Å²) in [4.78, 5) is 0. The van der Waals surface area contributed by atoms with Gasteiger partial charge in [-0.2, -0.15) is 5.10 Å². The van der Waals surface area contributed by atoms with Crippen LogP contribution in [0.2, 0.25) is 10.0 Å². The van der Waals surface area contributed by atoms with Crippen LogP contribution < -0.4 is 11.3 Å². The van der Waals surface area contributed by atoms with Crippen molar-refractivity contribution >= 4 is 23.2 Å². The van der Waals surface area contributed by atoms with Gasteiger partial charge in [0.05, 0.1) is 11.7 Å². The fraction of sp³-hybridized carbons (Fsp3) is 0.357. The predicted molar refractivity (Wildman–Crippen MR) is 82.8 cm³/mol. The van der Waals surface area contributed by atoms with Crippen molar-refractivity contribution in [3.63, 3.8) is 0 Å². The molecule has 0 saturated carbocycles. The van der Waals surface area contributed by atoms with Crippen LogP contribution in [-0.4, -0.2) is 9.78 Å². The molecule has 1 aromatic carbocycles. The molecule has 2 aromatic rings. The molecule has 4 nitrogen and oxygen atoms in total. The van der Waals surface area contributed by atoms with E-state index >= 15 is 0 Å². The number of nitrogens with two attached hydrogens (primary N) is 1. The van der Waals surface area contributed by atoms with Crippen LogP contribution in [0.25, 0.3) is 0 Å². The maximum Gasteiger partial charge on any atom is 0.0624 e. The molecule has 1 atom stereocenters. The van der Waals surface area contributed by atoms with E-state index in [1.165, 1.54) is 0 Å². The van der Waals surface area contributed by atoms with Crippen LogP contribution in [0.5, 0.6) is 0 Å². The first-order valence-corrected chi connectivity index (χ1v) is 7.23. The molecule has 6 heteroatoms. The Morgan fingerprint density at radius 3 is 2.70 bits per heavy atom. The molecule has 0 fully saturated rings. The zero-order valence-corrected chi connectivity index (χ0v) is 13.0. The van der Waals surface area contributed by atoms with Crippen molar-refractivity contribution in [3.8, 4) is 0 Å². The van der Waals surface area contributed by atoms with Crippen molar-refractivity contribution in [2.45, 2.75) is 25.8 Å². The number of hydrogen-bond acceptors (Lipinski definition) is 3. The lowest BCUT2D eigenvalue weighted by molar-refractivity contribution is 0.530. The number of hydrogen-bond donors (Lipinski definition) is 2. The molecule has 0 aliphatic carbocycles. The highest BCUT2D eigenvalue weighted by Crippen LogP contribution is 2.28. The van der Waals surface area contributed by atoms with Gasteiger partial charge in [0.1, 0.15) is 0 Å². The SMILES string of the molecule is CCc1cc(CC(NN)c2cc(Cl)ccc2Cl)n(C)n1. The molecule has 0 aliphatic heterocycles. The third-order valence-electron chi connectivity index (χ3n) is 3.34. The summed E-state index contributed by atoms with van der Waals surface area (Å²) < 4.78 is 1.88. The summed E-state index contributed by atoms with van der Waals surface area (Å²) in [6.07, 6.45) is 1.60. The summed E-state index contributed by atoms with van der Waals surface area (Å²) in [7, 11) is 1.93. The molecule has 0 radical (unpaired) electrons. The van der Waals surface area contributed by atoms with E-state index in [4.69, 9.17) is 29.0 Å². The molecule has 3 N–H and O–H groups in total. The number of aryl methyl sites for hydroxylation is 2. The zero-order valence-electron chi connectivity index (χ0n) is 11.5. The van der Waals surface area contributed by atoms with Gasteiger partial charge in [-0.25, -0.2) is 0 Å². The van der Waals surface area contributed by atoms with Gasteiger partial charge >= 0.3 is 0 Å². The van der Waals surface area contributed by atoms with Crippen molar-refractivity contribution in [2.24, 2.45) is 12.9 Å². The first kappa shape index (κ1) is 15.3. The monoisotopic (exact) mass is 312 g/mol. The van der Waals surface area contributed by atoms with E-state index in [1.807, 2.05) is 17.8 Å². The first-order chi connectivity index (χ1) is 9.55. The number of halogens is 2. The standard InChI is InChI=1S/C14H18Cl2N4/c1-3-10-7-11(20(2)19-10)8-14(18-17)12-6-9(15)4-5-13(12)16/h4-7,14,18H,3,8,17H2,1-2H3. The summed E-state index contributed by atoms with van der Waals surface area (Å²) in [5.74, 6) is 5.68. The van der Waals surface area contributed by atoms with Crippen LogP contribution in [0.3, 0.4) is 0 Å². The van der Waals surface area contributed by atoms with E-state index in [9.17, 15) is 0 Å². The molecule has 0 bridgehead atoms. The Bertz CT molecular complexity index is 595. The van der Waals surface area contributed by atoms with Crippen LogP contribution in [-0.2, 0) is 19.9 Å². The van der Waals surface area contributed by atoms with E-state index < -0.39 is 0 Å². The Morgan fingerprint density at radius 1 is 1.35 bits per heavy atom. The summed E-state index contributed by atoms with van der Waals surface area (Å²) in [6.45, 7) is 2.08. The highest BCUT2D eigenvalue weighted by molar-refractivity contribution is 6.33. The van der Waals surface area contributed by atoms with Crippen molar-refractivity contribution in [1.29, 1.82) is 0 Å². The number of hydrazine groups is 1. The Kier molecular flexibility index (Phi) is 5.05. The van der Waals surface area contributed by atoms with Crippen molar-refractivity contribution in [2.75, 3.05) is 0 Å². The van der Waals surface area contributed by atoms with Gasteiger partial charge in [0.15, 0.2) is 0 Å². The number of benzene rings is 1. The van der Waals surface area contributed by atoms with E-state index in [0.717, 1.165) is 23.4 Å². The lowest BCUT2D eigenvalue weighted by Gasteiger charge is -2.18. The third-order valence-corrected chi connectivity index (χ3v) is 3.92. The van der Waals surface area contributed by atoms with Crippen LogP contribution in [0, 0.1) is 0 Å². The van der Waals surface area contributed by atoms with E-state index in [1.54, 1.807) is 12.1 Å². The molecule has 0 saturated heterocycles. The second kappa shape index (κ2) is 6.59. The molecule has 1 aromatic heterocycles. The normalized spacial score (nSPS) is 12.7. The minimum absolute atomic E-state index is 0.110. The van der Waals surface area contributed by atoms with Crippen LogP contribution in [0.1, 0.15) is 29.9 Å². The fourth-order valence-corrected chi connectivity index (χ4v) is 2.61. The van der Waals surface area contributed by atoms with Gasteiger partial charge in [-0.05, 0) is 36.2 Å². The van der Waals surface area contributed by atoms with Crippen molar-refractivity contribution in [1.82, 2.24) is 15.2 Å². The number of nitrogens with zero attached hydrogens (tertiary/aromatic N) is 2. The van der Waals surface area contributed by atoms with Crippen LogP contribution in [0.15, 0.2) is 24.3 Å². The van der Waals surface area contributed by atoms with Gasteiger partial charge < -0.3 is 0 Å². The molecule has 2 rings (SSSR count). The molecule has 0 amide bonds. The molecule has 0 spiro atoms. The van der Waals surface area contributed by atoms with Gasteiger partial charge in [-0.3, -0.25) is 16.0 Å². The minimum Gasteiger partial charge on any atom is -0.272 e. The minimum atomic E-state index is -0.110. The Balaban J connectivity index is 2.28. The third kappa shape index (κ3) is 3.33. The lowest BCUT2D eigenvalue weighted by Crippen LogP contribution is -2.30. The number of rotatable bonds is 5. The predicted octanol–water partition coefficient (Wildman–Crippen LogP) is 3.04. The summed E-state index contributed by atoms with van der Waals surface area (Å²) >= 11 is 12.3. The maximum atomic E-state index is 6.23. The highest BCUT2D eigenvalue weighted by atomic mass is 35.5. The average molecular weight is 313 g/mol. The highest BCUT2D eigenvalue weighted by Gasteiger charge is 2.17. The first-order valence-electron chi connectivity index (χ1n) is 6.48. The van der Waals surface area contributed by atoms with Gasteiger partial charge in [0.2, 0.25) is 0 Å². The van der Waals surface area contributed by atoms with Gasteiger partial charge in [0.25, 0.3) is 0 Å². The second-order valence-corrected chi connectivity index (χ2v) is 5.54. The topological polar surface area (TPSA) is 55.9 Å². The van der Waals surface area contributed by atoms with E-state index in [-0.39, 0.29) is 6.04 Å². The van der Waals surface area contributed by atoms with Gasteiger partial charge in [-0.1, -0.05) is 30.1 Å². The van der Waals surface area contributed by atoms with E-state index in [0.29, 0.717) is 16.5 Å². The molecular formula is C14H18Cl2N4. The molecule has 0 aliphatic rings. The second-order valence-electron chi connectivity index (χ2n) is 4.69. The van der Waals surface area contributed by atoms with Gasteiger partial charge in [0, 0.05) is 29.2 Å². The fourth-order valence-electron chi connectivity index (χ4n) is 2.18. The average Bonchev–Trinajstić information content (AvgIpc) is 2.79. The number of nitrogens with one attached hydrogen (secondary N) is 1. The number of aromatic nitrogens is 2. The van der Waals surface area contributed by atoms with Crippen LogP contribution >= 0.6 is 23.2 Å². The molecule has 108 valence electrons. The largest absolute Gasteiger partial charge is 0.272 e. The Labute approximate surface area is 128 Å². The molecule has 1 heterocycles. The quantitative estimate of drug-likeness (QED) is 0.659. The smallest absolute Gasteiger partial charge is 0.0624 e. The van der Waals surface area contributed by atoms with Crippen molar-refractivity contribution in [3.05, 3.63) is 51.3 Å².